The summed E-state index contributed by atoms with van der Waals surface area (Å²) in [6.07, 6.45) is 2.74. The molecule has 1 saturated heterocycles. The topological polar surface area (TPSA) is 71.9 Å². The number of para-hydroxylation sites is 1. The second kappa shape index (κ2) is 8.58. The van der Waals surface area contributed by atoms with E-state index >= 15 is 0 Å². The van der Waals surface area contributed by atoms with Crippen molar-refractivity contribution < 1.29 is 19.4 Å². The van der Waals surface area contributed by atoms with E-state index in [2.05, 4.69) is 4.98 Å². The zero-order valence-electron chi connectivity index (χ0n) is 15.4. The number of hydrogen-bond acceptors (Lipinski definition) is 6. The maximum absolute atomic E-state index is 11.3. The summed E-state index contributed by atoms with van der Waals surface area (Å²) in [5.41, 5.74) is 0.930. The second-order valence-electron chi connectivity index (χ2n) is 6.76. The van der Waals surface area contributed by atoms with Gasteiger partial charge in [-0.2, -0.15) is 0 Å². The molecule has 0 aliphatic carbocycles. The van der Waals surface area contributed by atoms with Crippen molar-refractivity contribution in [2.45, 2.75) is 25.3 Å². The minimum atomic E-state index is -0.740. The molecule has 146 valence electrons. The number of carbonyl (C=O) groups is 1. The molecule has 1 aliphatic rings. The third-order valence-corrected chi connectivity index (χ3v) is 5.76. The lowest BCUT2D eigenvalue weighted by Gasteiger charge is -2.32. The van der Waals surface area contributed by atoms with E-state index in [4.69, 9.17) is 9.47 Å². The van der Waals surface area contributed by atoms with E-state index in [-0.39, 0.29) is 6.04 Å². The highest BCUT2D eigenvalue weighted by Gasteiger charge is 2.27. The SMILES string of the molecule is O=C(O)C1CCCCN1CCOc1ccc(Oc2nc3ccccc3s2)cc1. The minimum absolute atomic E-state index is 0.387. The molecule has 0 bridgehead atoms. The highest BCUT2D eigenvalue weighted by Crippen LogP contribution is 2.31. The number of aromatic nitrogens is 1. The highest BCUT2D eigenvalue weighted by molar-refractivity contribution is 7.20. The number of thiazole rings is 1. The molecule has 1 aliphatic heterocycles. The number of aliphatic carboxylic acids is 1. The largest absolute Gasteiger partial charge is 0.492 e. The predicted octanol–water partition coefficient (Wildman–Crippen LogP) is 4.41. The molecule has 0 spiro atoms. The van der Waals surface area contributed by atoms with Gasteiger partial charge in [0.05, 0.1) is 10.2 Å². The summed E-state index contributed by atoms with van der Waals surface area (Å²) in [6.45, 7) is 1.89. The van der Waals surface area contributed by atoms with Gasteiger partial charge in [-0.25, -0.2) is 4.98 Å². The molecule has 2 heterocycles. The molecule has 1 unspecified atom stereocenters. The van der Waals surface area contributed by atoms with Crippen molar-refractivity contribution in [1.82, 2.24) is 9.88 Å². The van der Waals surface area contributed by atoms with Crippen LogP contribution >= 0.6 is 11.3 Å². The standard InChI is InChI=1S/C21H22N2O4S/c24-20(25)18-6-3-4-12-23(18)13-14-26-15-8-10-16(11-9-15)27-21-22-17-5-1-2-7-19(17)28-21/h1-2,5,7-11,18H,3-4,6,12-14H2,(H,24,25). The van der Waals surface area contributed by atoms with Gasteiger partial charge in [0, 0.05) is 6.54 Å². The Morgan fingerprint density at radius 3 is 2.71 bits per heavy atom. The first-order valence-corrected chi connectivity index (χ1v) is 10.2. The fourth-order valence-electron chi connectivity index (χ4n) is 3.42. The van der Waals surface area contributed by atoms with Crippen LogP contribution in [0, 0.1) is 0 Å². The summed E-state index contributed by atoms with van der Waals surface area (Å²) in [7, 11) is 0. The van der Waals surface area contributed by atoms with E-state index in [0.29, 0.717) is 30.5 Å². The Bertz CT molecular complexity index is 908. The van der Waals surface area contributed by atoms with Crippen LogP contribution in [0.1, 0.15) is 19.3 Å². The third-order valence-electron chi connectivity index (χ3n) is 4.85. The molecule has 0 amide bonds. The summed E-state index contributed by atoms with van der Waals surface area (Å²) in [6, 6.07) is 15.0. The Hall–Kier alpha value is -2.64. The van der Waals surface area contributed by atoms with Gasteiger partial charge in [0.1, 0.15) is 24.1 Å². The van der Waals surface area contributed by atoms with Gasteiger partial charge in [-0.05, 0) is 55.8 Å². The van der Waals surface area contributed by atoms with Crippen molar-refractivity contribution in [3.05, 3.63) is 48.5 Å². The quantitative estimate of drug-likeness (QED) is 0.636. The van der Waals surface area contributed by atoms with Crippen LogP contribution in [-0.4, -0.2) is 46.7 Å². The average Bonchev–Trinajstić information content (AvgIpc) is 3.12. The monoisotopic (exact) mass is 398 g/mol. The number of benzene rings is 2. The van der Waals surface area contributed by atoms with Gasteiger partial charge in [0.25, 0.3) is 5.19 Å². The van der Waals surface area contributed by atoms with Gasteiger partial charge >= 0.3 is 5.97 Å². The van der Waals surface area contributed by atoms with Gasteiger partial charge in [-0.3, -0.25) is 9.69 Å². The summed E-state index contributed by atoms with van der Waals surface area (Å²) >= 11 is 1.51. The number of carboxylic acids is 1. The number of likely N-dealkylation sites (tertiary alicyclic amines) is 1. The number of fused-ring (bicyclic) bond motifs is 1. The summed E-state index contributed by atoms with van der Waals surface area (Å²) < 4.78 is 12.7. The Balaban J connectivity index is 1.30. The van der Waals surface area contributed by atoms with Crippen LogP contribution in [0.3, 0.4) is 0 Å². The molecule has 2 aromatic carbocycles. The van der Waals surface area contributed by atoms with Gasteiger partial charge in [0.2, 0.25) is 0 Å². The molecule has 0 saturated carbocycles. The van der Waals surface area contributed by atoms with E-state index < -0.39 is 5.97 Å². The first-order chi connectivity index (χ1) is 13.7. The van der Waals surface area contributed by atoms with Gasteiger partial charge in [0.15, 0.2) is 0 Å². The normalized spacial score (nSPS) is 17.5. The first kappa shape index (κ1) is 18.7. The van der Waals surface area contributed by atoms with Crippen LogP contribution < -0.4 is 9.47 Å². The molecular weight excluding hydrogens is 376 g/mol. The van der Waals surface area contributed by atoms with Crippen molar-refractivity contribution in [2.24, 2.45) is 0 Å². The number of hydrogen-bond donors (Lipinski definition) is 1. The van der Waals surface area contributed by atoms with E-state index in [0.717, 1.165) is 35.4 Å². The number of ether oxygens (including phenoxy) is 2. The zero-order chi connectivity index (χ0) is 19.3. The first-order valence-electron chi connectivity index (χ1n) is 9.42. The molecule has 1 fully saturated rings. The van der Waals surface area contributed by atoms with Crippen molar-refractivity contribution in [2.75, 3.05) is 19.7 Å². The van der Waals surface area contributed by atoms with Gasteiger partial charge in [-0.15, -0.1) is 0 Å². The Morgan fingerprint density at radius 2 is 1.93 bits per heavy atom. The van der Waals surface area contributed by atoms with Crippen molar-refractivity contribution >= 4 is 27.5 Å². The smallest absolute Gasteiger partial charge is 0.320 e. The van der Waals surface area contributed by atoms with Crippen molar-refractivity contribution in [3.63, 3.8) is 0 Å². The lowest BCUT2D eigenvalue weighted by Crippen LogP contribution is -2.46. The number of nitrogens with zero attached hydrogens (tertiary/aromatic N) is 2. The Kier molecular flexibility index (Phi) is 5.73. The van der Waals surface area contributed by atoms with E-state index in [1.165, 1.54) is 11.3 Å². The Labute approximate surface area is 167 Å². The van der Waals surface area contributed by atoms with Crippen LogP contribution in [0.4, 0.5) is 0 Å². The second-order valence-corrected chi connectivity index (χ2v) is 7.75. The molecule has 6 nitrogen and oxygen atoms in total. The number of piperidine rings is 1. The van der Waals surface area contributed by atoms with E-state index in [1.807, 2.05) is 53.4 Å². The molecule has 0 radical (unpaired) electrons. The van der Waals surface area contributed by atoms with E-state index in [1.54, 1.807) is 0 Å². The maximum atomic E-state index is 11.3. The van der Waals surface area contributed by atoms with Crippen molar-refractivity contribution in [3.8, 4) is 16.7 Å². The molecule has 1 N–H and O–H groups in total. The fraction of sp³-hybridized carbons (Fsp3) is 0.333. The lowest BCUT2D eigenvalue weighted by molar-refractivity contribution is -0.144. The van der Waals surface area contributed by atoms with Gasteiger partial charge < -0.3 is 14.6 Å². The van der Waals surface area contributed by atoms with E-state index in [9.17, 15) is 9.90 Å². The molecule has 1 aromatic heterocycles. The number of carboxylic acid groups (broad SMARTS) is 1. The van der Waals surface area contributed by atoms with Crippen LogP contribution in [0.2, 0.25) is 0 Å². The molecule has 28 heavy (non-hydrogen) atoms. The van der Waals surface area contributed by atoms with Crippen LogP contribution in [0.15, 0.2) is 48.5 Å². The molecular formula is C21H22N2O4S. The maximum Gasteiger partial charge on any atom is 0.320 e. The fourth-order valence-corrected chi connectivity index (χ4v) is 4.25. The van der Waals surface area contributed by atoms with Crippen molar-refractivity contribution in [1.29, 1.82) is 0 Å². The van der Waals surface area contributed by atoms with Crippen LogP contribution in [0.5, 0.6) is 16.7 Å². The Morgan fingerprint density at radius 1 is 1.14 bits per heavy atom. The van der Waals surface area contributed by atoms with Gasteiger partial charge in [-0.1, -0.05) is 29.9 Å². The molecule has 1 atom stereocenters. The van der Waals surface area contributed by atoms with Crippen LogP contribution in [0.25, 0.3) is 10.2 Å². The summed E-state index contributed by atoms with van der Waals surface area (Å²) in [5, 5.41) is 9.93. The molecule has 3 aromatic rings. The predicted molar refractivity (Wildman–Crippen MR) is 108 cm³/mol. The summed E-state index contributed by atoms with van der Waals surface area (Å²) in [4.78, 5) is 17.8. The zero-order valence-corrected chi connectivity index (χ0v) is 16.2. The number of rotatable bonds is 7. The summed E-state index contributed by atoms with van der Waals surface area (Å²) in [5.74, 6) is 0.699. The molecule has 4 rings (SSSR count). The molecule has 7 heteroatoms. The lowest BCUT2D eigenvalue weighted by atomic mass is 10.0. The average molecular weight is 398 g/mol. The van der Waals surface area contributed by atoms with Crippen LogP contribution in [-0.2, 0) is 4.79 Å². The third kappa shape index (κ3) is 4.43. The highest BCUT2D eigenvalue weighted by atomic mass is 32.1. The minimum Gasteiger partial charge on any atom is -0.492 e.